The maximum Gasteiger partial charge on any atom is 0.255 e. The molecule has 1 N–H and O–H groups in total. The molecule has 0 atom stereocenters. The number of halogens is 1. The fourth-order valence-electron chi connectivity index (χ4n) is 1.17. The third-order valence-electron chi connectivity index (χ3n) is 2.01. The Labute approximate surface area is 110 Å². The van der Waals surface area contributed by atoms with E-state index in [0.29, 0.717) is 5.56 Å². The molecule has 1 rings (SSSR count). The first-order valence-electron chi connectivity index (χ1n) is 5.16. The summed E-state index contributed by atoms with van der Waals surface area (Å²) >= 11 is 3.33. The monoisotopic (exact) mass is 291 g/mol. The van der Waals surface area contributed by atoms with Crippen LogP contribution in [0.2, 0.25) is 0 Å². The topological polar surface area (TPSA) is 29.1 Å². The van der Waals surface area contributed by atoms with Crippen molar-refractivity contribution in [3.63, 3.8) is 0 Å². The number of amides is 1. The van der Waals surface area contributed by atoms with E-state index in [1.54, 1.807) is 24.3 Å². The lowest BCUT2D eigenvalue weighted by Crippen LogP contribution is -2.21. The molecule has 1 aromatic rings. The highest BCUT2D eigenvalue weighted by molar-refractivity contribution is 9.10. The minimum atomic E-state index is -0.113. The summed E-state index contributed by atoms with van der Waals surface area (Å²) in [7, 11) is 0. The van der Waals surface area contributed by atoms with Gasteiger partial charge in [0.05, 0.1) is 0 Å². The molecular formula is C14H14BrNO. The van der Waals surface area contributed by atoms with Crippen molar-refractivity contribution >= 4 is 21.8 Å². The summed E-state index contributed by atoms with van der Waals surface area (Å²) in [6.07, 6.45) is 7.12. The van der Waals surface area contributed by atoms with Crippen molar-refractivity contribution in [2.45, 2.75) is 6.92 Å². The molecule has 0 aliphatic carbocycles. The summed E-state index contributed by atoms with van der Waals surface area (Å²) in [6, 6.07) is 7.22. The molecule has 0 bridgehead atoms. The molecule has 3 heteroatoms. The standard InChI is InChI=1S/C14H14BrNO/c1-3-4-5-6-11(2)16-14(17)12-7-9-13(15)10-8-12/h3-10H,1H2,2H3,(H,16,17)/b5-4-,11-6+. The Balaban J connectivity index is 2.66. The number of hydrogen-bond donors (Lipinski definition) is 1. The molecule has 0 saturated carbocycles. The van der Waals surface area contributed by atoms with Gasteiger partial charge in [0, 0.05) is 15.7 Å². The Morgan fingerprint density at radius 1 is 1.29 bits per heavy atom. The lowest BCUT2D eigenvalue weighted by Gasteiger charge is -2.04. The molecule has 0 heterocycles. The predicted molar refractivity (Wildman–Crippen MR) is 74.7 cm³/mol. The van der Waals surface area contributed by atoms with Gasteiger partial charge in [0.1, 0.15) is 0 Å². The summed E-state index contributed by atoms with van der Waals surface area (Å²) in [5.41, 5.74) is 1.42. The number of carbonyl (C=O) groups excluding carboxylic acids is 1. The average molecular weight is 292 g/mol. The van der Waals surface area contributed by atoms with E-state index < -0.39 is 0 Å². The highest BCUT2D eigenvalue weighted by Crippen LogP contribution is 2.10. The van der Waals surface area contributed by atoms with Gasteiger partial charge in [-0.3, -0.25) is 4.79 Å². The lowest BCUT2D eigenvalue weighted by atomic mass is 10.2. The van der Waals surface area contributed by atoms with Gasteiger partial charge in [0.2, 0.25) is 0 Å². The quantitative estimate of drug-likeness (QED) is 0.840. The van der Waals surface area contributed by atoms with Crippen LogP contribution in [0, 0.1) is 0 Å². The Bertz CT molecular complexity index is 458. The van der Waals surface area contributed by atoms with Crippen LogP contribution in [0.25, 0.3) is 0 Å². The Morgan fingerprint density at radius 2 is 1.94 bits per heavy atom. The zero-order valence-electron chi connectivity index (χ0n) is 9.61. The van der Waals surface area contributed by atoms with Crippen molar-refractivity contribution in [2.75, 3.05) is 0 Å². The van der Waals surface area contributed by atoms with Gasteiger partial charge in [0.25, 0.3) is 5.91 Å². The largest absolute Gasteiger partial charge is 0.326 e. The molecule has 2 nitrogen and oxygen atoms in total. The van der Waals surface area contributed by atoms with Crippen LogP contribution in [0.5, 0.6) is 0 Å². The highest BCUT2D eigenvalue weighted by atomic mass is 79.9. The minimum absolute atomic E-state index is 0.113. The lowest BCUT2D eigenvalue weighted by molar-refractivity contribution is 0.0966. The normalized spacial score (nSPS) is 11.5. The van der Waals surface area contributed by atoms with E-state index in [-0.39, 0.29) is 5.91 Å². The van der Waals surface area contributed by atoms with Crippen LogP contribution >= 0.6 is 15.9 Å². The van der Waals surface area contributed by atoms with Crippen LogP contribution < -0.4 is 5.32 Å². The minimum Gasteiger partial charge on any atom is -0.326 e. The second-order valence-corrected chi connectivity index (χ2v) is 4.35. The van der Waals surface area contributed by atoms with Crippen molar-refractivity contribution in [3.05, 3.63) is 70.9 Å². The fourth-order valence-corrected chi connectivity index (χ4v) is 1.44. The number of hydrogen-bond acceptors (Lipinski definition) is 1. The third-order valence-corrected chi connectivity index (χ3v) is 2.54. The Morgan fingerprint density at radius 3 is 2.53 bits per heavy atom. The van der Waals surface area contributed by atoms with E-state index in [9.17, 15) is 4.79 Å². The molecule has 17 heavy (non-hydrogen) atoms. The smallest absolute Gasteiger partial charge is 0.255 e. The van der Waals surface area contributed by atoms with Gasteiger partial charge in [-0.25, -0.2) is 0 Å². The van der Waals surface area contributed by atoms with Gasteiger partial charge < -0.3 is 5.32 Å². The van der Waals surface area contributed by atoms with E-state index in [0.717, 1.165) is 10.2 Å². The molecule has 0 unspecified atom stereocenters. The molecule has 0 radical (unpaired) electrons. The zero-order valence-corrected chi connectivity index (χ0v) is 11.2. The molecule has 0 aromatic heterocycles. The first-order chi connectivity index (χ1) is 8.13. The predicted octanol–water partition coefficient (Wildman–Crippen LogP) is 3.82. The zero-order chi connectivity index (χ0) is 12.7. The first-order valence-corrected chi connectivity index (χ1v) is 5.95. The average Bonchev–Trinajstić information content (AvgIpc) is 2.30. The van der Waals surface area contributed by atoms with E-state index in [1.165, 1.54) is 0 Å². The van der Waals surface area contributed by atoms with Gasteiger partial charge in [-0.2, -0.15) is 0 Å². The summed E-state index contributed by atoms with van der Waals surface area (Å²) in [5, 5.41) is 2.80. The van der Waals surface area contributed by atoms with Crippen LogP contribution in [-0.2, 0) is 0 Å². The molecule has 0 fully saturated rings. The number of allylic oxidation sites excluding steroid dienone is 5. The molecule has 88 valence electrons. The van der Waals surface area contributed by atoms with Crippen molar-refractivity contribution in [2.24, 2.45) is 0 Å². The van der Waals surface area contributed by atoms with Crippen molar-refractivity contribution in [3.8, 4) is 0 Å². The van der Waals surface area contributed by atoms with Crippen LogP contribution in [0.3, 0.4) is 0 Å². The second kappa shape index (κ2) is 6.86. The maximum atomic E-state index is 11.8. The third kappa shape index (κ3) is 4.83. The van der Waals surface area contributed by atoms with Gasteiger partial charge in [-0.15, -0.1) is 0 Å². The maximum absolute atomic E-state index is 11.8. The summed E-state index contributed by atoms with van der Waals surface area (Å²) < 4.78 is 0.954. The van der Waals surface area contributed by atoms with E-state index in [1.807, 2.05) is 31.2 Å². The molecule has 0 saturated heterocycles. The van der Waals surface area contributed by atoms with E-state index in [4.69, 9.17) is 0 Å². The SMILES string of the molecule is C=C/C=C\C=C(/C)NC(=O)c1ccc(Br)cc1. The van der Waals surface area contributed by atoms with Crippen molar-refractivity contribution in [1.82, 2.24) is 5.32 Å². The van der Waals surface area contributed by atoms with Crippen molar-refractivity contribution < 1.29 is 4.79 Å². The summed E-state index contributed by atoms with van der Waals surface area (Å²) in [6.45, 7) is 5.40. The van der Waals surface area contributed by atoms with Crippen LogP contribution in [-0.4, -0.2) is 5.91 Å². The van der Waals surface area contributed by atoms with Crippen molar-refractivity contribution in [1.29, 1.82) is 0 Å². The number of carbonyl (C=O) groups is 1. The molecule has 1 aromatic carbocycles. The molecule has 1 amide bonds. The Hall–Kier alpha value is -1.61. The number of nitrogens with one attached hydrogen (secondary N) is 1. The van der Waals surface area contributed by atoms with Crippen LogP contribution in [0.15, 0.2) is 65.3 Å². The molecular weight excluding hydrogens is 278 g/mol. The van der Waals surface area contributed by atoms with E-state index in [2.05, 4.69) is 27.8 Å². The Kier molecular flexibility index (Phi) is 5.43. The fraction of sp³-hybridized carbons (Fsp3) is 0.0714. The first kappa shape index (κ1) is 13.5. The van der Waals surface area contributed by atoms with Gasteiger partial charge in [-0.05, 0) is 37.3 Å². The van der Waals surface area contributed by atoms with Gasteiger partial charge in [-0.1, -0.05) is 40.7 Å². The van der Waals surface area contributed by atoms with Gasteiger partial charge in [0.15, 0.2) is 0 Å². The molecule has 0 aliphatic rings. The highest BCUT2D eigenvalue weighted by Gasteiger charge is 2.04. The number of rotatable bonds is 4. The molecule has 0 spiro atoms. The molecule has 0 aliphatic heterocycles. The van der Waals surface area contributed by atoms with E-state index >= 15 is 0 Å². The van der Waals surface area contributed by atoms with Crippen LogP contribution in [0.1, 0.15) is 17.3 Å². The second-order valence-electron chi connectivity index (χ2n) is 3.43. The van der Waals surface area contributed by atoms with Gasteiger partial charge >= 0.3 is 0 Å². The van der Waals surface area contributed by atoms with Crippen LogP contribution in [0.4, 0.5) is 0 Å². The summed E-state index contributed by atoms with van der Waals surface area (Å²) in [4.78, 5) is 11.8. The summed E-state index contributed by atoms with van der Waals surface area (Å²) in [5.74, 6) is -0.113. The number of benzene rings is 1.